The van der Waals surface area contributed by atoms with Gasteiger partial charge in [0.1, 0.15) is 12.2 Å². The smallest absolute Gasteiger partial charge is 0.303 e. The first kappa shape index (κ1) is 18.5. The number of hydrogen-bond donors (Lipinski definition) is 2. The van der Waals surface area contributed by atoms with Gasteiger partial charge in [-0.2, -0.15) is 0 Å². The molecule has 0 radical (unpaired) electrons. The normalized spacial score (nSPS) is 53.0. The van der Waals surface area contributed by atoms with E-state index in [4.69, 9.17) is 9.47 Å². The molecule has 8 unspecified atom stereocenters. The highest BCUT2D eigenvalue weighted by atomic mass is 16.6. The van der Waals surface area contributed by atoms with Crippen LogP contribution >= 0.6 is 0 Å². The Bertz CT molecular complexity index is 829. The maximum absolute atomic E-state index is 13.4. The molecular formula is C22H28O6. The summed E-state index contributed by atoms with van der Waals surface area (Å²) in [7, 11) is 0. The van der Waals surface area contributed by atoms with Crippen LogP contribution in [0.5, 0.6) is 0 Å². The van der Waals surface area contributed by atoms with Crippen LogP contribution in [0.25, 0.3) is 0 Å². The number of aliphatic hydroxyl groups excluding tert-OH is 1. The Morgan fingerprint density at radius 2 is 2.07 bits per heavy atom. The van der Waals surface area contributed by atoms with Crippen molar-refractivity contribution in [1.82, 2.24) is 0 Å². The Morgan fingerprint density at radius 3 is 2.75 bits per heavy atom. The van der Waals surface area contributed by atoms with Crippen LogP contribution in [-0.4, -0.2) is 46.6 Å². The lowest BCUT2D eigenvalue weighted by atomic mass is 9.37. The Kier molecular flexibility index (Phi) is 3.41. The summed E-state index contributed by atoms with van der Waals surface area (Å²) in [6.07, 6.45) is 3.49. The van der Waals surface area contributed by atoms with Crippen LogP contribution in [0.2, 0.25) is 0 Å². The van der Waals surface area contributed by atoms with Gasteiger partial charge in [0.05, 0.1) is 17.4 Å². The largest absolute Gasteiger partial charge is 0.457 e. The molecule has 0 aromatic heterocycles. The molecule has 4 aliphatic carbocycles. The predicted octanol–water partition coefficient (Wildman–Crippen LogP) is 1.75. The number of esters is 1. The Hall–Kier alpha value is -1.50. The van der Waals surface area contributed by atoms with Gasteiger partial charge >= 0.3 is 5.97 Å². The summed E-state index contributed by atoms with van der Waals surface area (Å²) in [6, 6.07) is 0. The van der Waals surface area contributed by atoms with Crippen LogP contribution < -0.4 is 0 Å². The molecule has 2 N–H and O–H groups in total. The Balaban J connectivity index is 1.78. The molecule has 2 spiro atoms. The van der Waals surface area contributed by atoms with E-state index in [0.717, 1.165) is 12.0 Å². The number of ether oxygens (including phenoxy) is 2. The van der Waals surface area contributed by atoms with Crippen LogP contribution in [-0.2, 0) is 19.1 Å². The van der Waals surface area contributed by atoms with Gasteiger partial charge in [0, 0.05) is 12.8 Å². The zero-order chi connectivity index (χ0) is 20.3. The van der Waals surface area contributed by atoms with E-state index in [1.54, 1.807) is 6.08 Å². The molecule has 2 aliphatic heterocycles. The second-order valence-corrected chi connectivity index (χ2v) is 10.1. The molecule has 6 nitrogen and oxygen atoms in total. The monoisotopic (exact) mass is 388 g/mol. The van der Waals surface area contributed by atoms with Gasteiger partial charge in [0.15, 0.2) is 5.78 Å². The number of carbonyl (C=O) groups excluding carboxylic acids is 2. The number of rotatable bonds is 1. The van der Waals surface area contributed by atoms with E-state index in [-0.39, 0.29) is 24.2 Å². The number of allylic oxidation sites excluding steroid dienone is 2. The molecular weight excluding hydrogens is 360 g/mol. The van der Waals surface area contributed by atoms with Crippen molar-refractivity contribution in [3.05, 3.63) is 24.3 Å². The first-order valence-corrected chi connectivity index (χ1v) is 10.2. The van der Waals surface area contributed by atoms with Gasteiger partial charge in [-0.15, -0.1) is 0 Å². The van der Waals surface area contributed by atoms with E-state index in [0.29, 0.717) is 12.8 Å². The third-order valence-corrected chi connectivity index (χ3v) is 8.64. The van der Waals surface area contributed by atoms with Gasteiger partial charge in [0.2, 0.25) is 5.79 Å². The predicted molar refractivity (Wildman–Crippen MR) is 98.7 cm³/mol. The molecule has 4 bridgehead atoms. The highest BCUT2D eigenvalue weighted by Gasteiger charge is 2.84. The lowest BCUT2D eigenvalue weighted by Gasteiger charge is -2.72. The average Bonchev–Trinajstić information content (AvgIpc) is 2.82. The summed E-state index contributed by atoms with van der Waals surface area (Å²) in [4.78, 5) is 25.3. The van der Waals surface area contributed by atoms with Crippen LogP contribution in [0.15, 0.2) is 24.3 Å². The summed E-state index contributed by atoms with van der Waals surface area (Å²) in [5.41, 5.74) is -1.70. The Labute approximate surface area is 164 Å². The second kappa shape index (κ2) is 5.15. The molecule has 2 saturated heterocycles. The van der Waals surface area contributed by atoms with Gasteiger partial charge in [-0.3, -0.25) is 9.59 Å². The van der Waals surface area contributed by atoms with Gasteiger partial charge < -0.3 is 19.7 Å². The van der Waals surface area contributed by atoms with E-state index in [1.165, 1.54) is 6.92 Å². The molecule has 0 aromatic carbocycles. The summed E-state index contributed by atoms with van der Waals surface area (Å²) < 4.78 is 11.7. The van der Waals surface area contributed by atoms with Crippen molar-refractivity contribution in [1.29, 1.82) is 0 Å². The number of fused-ring (bicyclic) bond motifs is 2. The molecule has 28 heavy (non-hydrogen) atoms. The zero-order valence-corrected chi connectivity index (χ0v) is 16.6. The second-order valence-electron chi connectivity index (χ2n) is 10.1. The fourth-order valence-electron chi connectivity index (χ4n) is 7.73. The van der Waals surface area contributed by atoms with E-state index in [9.17, 15) is 19.8 Å². The van der Waals surface area contributed by atoms with Crippen molar-refractivity contribution < 1.29 is 29.3 Å². The SMILES string of the molecule is C=C1C2CCC3C45COC(O)(C(O)C4C(C)(C)C=CC5=O)C3(C2)C1OC(C)=O. The third-order valence-electron chi connectivity index (χ3n) is 8.64. The van der Waals surface area contributed by atoms with Crippen molar-refractivity contribution in [2.24, 2.45) is 34.0 Å². The fourth-order valence-corrected chi connectivity index (χ4v) is 7.73. The third kappa shape index (κ3) is 1.73. The van der Waals surface area contributed by atoms with Crippen LogP contribution in [0.1, 0.15) is 40.0 Å². The highest BCUT2D eigenvalue weighted by Crippen LogP contribution is 2.76. The molecule has 152 valence electrons. The van der Waals surface area contributed by atoms with Crippen molar-refractivity contribution in [3.8, 4) is 0 Å². The minimum absolute atomic E-state index is 0.0560. The van der Waals surface area contributed by atoms with Crippen molar-refractivity contribution in [3.63, 3.8) is 0 Å². The molecule has 6 aliphatic rings. The van der Waals surface area contributed by atoms with Gasteiger partial charge in [-0.1, -0.05) is 26.5 Å². The summed E-state index contributed by atoms with van der Waals surface area (Å²) in [5.74, 6) is -3.03. The quantitative estimate of drug-likeness (QED) is 0.525. The zero-order valence-electron chi connectivity index (χ0n) is 16.6. The number of carbonyl (C=O) groups is 2. The first-order valence-electron chi connectivity index (χ1n) is 10.2. The van der Waals surface area contributed by atoms with Crippen LogP contribution in [0.4, 0.5) is 0 Å². The molecule has 6 rings (SSSR count). The molecule has 3 saturated carbocycles. The molecule has 0 amide bonds. The van der Waals surface area contributed by atoms with Crippen molar-refractivity contribution >= 4 is 11.8 Å². The van der Waals surface area contributed by atoms with Crippen LogP contribution in [0, 0.1) is 34.0 Å². The summed E-state index contributed by atoms with van der Waals surface area (Å²) in [5, 5.41) is 23.3. The average molecular weight is 388 g/mol. The Morgan fingerprint density at radius 1 is 1.36 bits per heavy atom. The van der Waals surface area contributed by atoms with E-state index < -0.39 is 46.1 Å². The van der Waals surface area contributed by atoms with Gasteiger partial charge in [-0.05, 0) is 48.2 Å². The maximum atomic E-state index is 13.4. The van der Waals surface area contributed by atoms with Gasteiger partial charge in [0.25, 0.3) is 0 Å². The molecule has 2 heterocycles. The fraction of sp³-hybridized carbons (Fsp3) is 0.727. The lowest BCUT2D eigenvalue weighted by molar-refractivity contribution is -0.441. The molecule has 0 aromatic rings. The minimum Gasteiger partial charge on any atom is -0.457 e. The van der Waals surface area contributed by atoms with E-state index in [2.05, 4.69) is 6.58 Å². The summed E-state index contributed by atoms with van der Waals surface area (Å²) in [6.45, 7) is 9.58. The summed E-state index contributed by atoms with van der Waals surface area (Å²) >= 11 is 0. The standard InChI is InChI=1S/C22H28O6/c1-11-13-5-6-14-20-10-27-22(26,21(14,9-13)18(11)28-12(2)23)17(25)16(20)19(3,4)8-7-15(20)24/h7-8,13-14,16-18,25-26H,1,5-6,9-10H2,2-4H3. The first-order chi connectivity index (χ1) is 13.0. The van der Waals surface area contributed by atoms with Gasteiger partial charge in [-0.25, -0.2) is 0 Å². The van der Waals surface area contributed by atoms with E-state index in [1.807, 2.05) is 19.9 Å². The molecule has 5 fully saturated rings. The number of aliphatic hydroxyl groups is 2. The van der Waals surface area contributed by atoms with Crippen molar-refractivity contribution in [2.45, 2.75) is 58.0 Å². The number of ketones is 1. The highest BCUT2D eigenvalue weighted by molar-refractivity contribution is 5.97. The van der Waals surface area contributed by atoms with Crippen molar-refractivity contribution in [2.75, 3.05) is 6.61 Å². The van der Waals surface area contributed by atoms with Crippen LogP contribution in [0.3, 0.4) is 0 Å². The maximum Gasteiger partial charge on any atom is 0.303 e. The molecule has 6 heteroatoms. The minimum atomic E-state index is -1.88. The number of hydrogen-bond acceptors (Lipinski definition) is 6. The topological polar surface area (TPSA) is 93.1 Å². The lowest BCUT2D eigenvalue weighted by Crippen LogP contribution is -2.83. The molecule has 8 atom stereocenters. The van der Waals surface area contributed by atoms with E-state index >= 15 is 0 Å².